The van der Waals surface area contributed by atoms with E-state index in [2.05, 4.69) is 5.32 Å². The van der Waals surface area contributed by atoms with E-state index in [-0.39, 0.29) is 37.8 Å². The number of amides is 2. The minimum atomic E-state index is -4.47. The van der Waals surface area contributed by atoms with Crippen LogP contribution in [0.3, 0.4) is 0 Å². The van der Waals surface area contributed by atoms with E-state index in [0.717, 1.165) is 12.8 Å². The number of unbranched alkanes of at least 4 members (excludes halogenated alkanes) is 1. The molecule has 0 aromatic carbocycles. The Bertz CT molecular complexity index is 380. The Morgan fingerprint density at radius 2 is 2.09 bits per heavy atom. The van der Waals surface area contributed by atoms with Crippen molar-refractivity contribution in [3.63, 3.8) is 0 Å². The third-order valence-electron chi connectivity index (χ3n) is 3.63. The molecule has 5 nitrogen and oxygen atoms in total. The number of carbonyl (C=O) groups excluding carboxylic acids is 2. The van der Waals surface area contributed by atoms with Crippen molar-refractivity contribution in [3.8, 4) is 0 Å². The van der Waals surface area contributed by atoms with Crippen molar-refractivity contribution in [2.24, 2.45) is 11.7 Å². The molecule has 1 saturated heterocycles. The summed E-state index contributed by atoms with van der Waals surface area (Å²) in [5, 5.41) is 4.51. The molecule has 130 valence electrons. The van der Waals surface area contributed by atoms with Crippen molar-refractivity contribution in [1.29, 1.82) is 0 Å². The van der Waals surface area contributed by atoms with E-state index < -0.39 is 30.0 Å². The molecule has 0 saturated carbocycles. The molecule has 0 aromatic rings. The molecule has 1 heterocycles. The Labute approximate surface area is 134 Å². The number of hydrogen-bond donors (Lipinski definition) is 3. The summed E-state index contributed by atoms with van der Waals surface area (Å²) in [5.74, 6) is -2.48. The summed E-state index contributed by atoms with van der Waals surface area (Å²) in [6.45, 7) is 2.24. The van der Waals surface area contributed by atoms with Gasteiger partial charge in [0.2, 0.25) is 11.8 Å². The minimum Gasteiger partial charge on any atom is -0.351 e. The van der Waals surface area contributed by atoms with E-state index in [1.54, 1.807) is 0 Å². The number of nitrogens with one attached hydrogen (secondary N) is 2. The van der Waals surface area contributed by atoms with Crippen LogP contribution in [0.5, 0.6) is 0 Å². The Morgan fingerprint density at radius 3 is 2.55 bits per heavy atom. The van der Waals surface area contributed by atoms with Crippen molar-refractivity contribution in [1.82, 2.24) is 10.6 Å². The summed E-state index contributed by atoms with van der Waals surface area (Å²) >= 11 is 0. The molecule has 22 heavy (non-hydrogen) atoms. The zero-order valence-corrected chi connectivity index (χ0v) is 13.2. The largest absolute Gasteiger partial charge is 0.408 e. The van der Waals surface area contributed by atoms with Crippen molar-refractivity contribution in [2.75, 3.05) is 6.54 Å². The quantitative estimate of drug-likeness (QED) is 0.638. The summed E-state index contributed by atoms with van der Waals surface area (Å²) < 4.78 is 37.5. The number of alkyl halides is 3. The van der Waals surface area contributed by atoms with Gasteiger partial charge in [-0.15, -0.1) is 12.4 Å². The third kappa shape index (κ3) is 6.00. The first-order valence-electron chi connectivity index (χ1n) is 7.17. The van der Waals surface area contributed by atoms with Gasteiger partial charge in [-0.2, -0.15) is 13.2 Å². The van der Waals surface area contributed by atoms with Crippen LogP contribution < -0.4 is 16.4 Å². The molecule has 2 amide bonds. The first-order valence-corrected chi connectivity index (χ1v) is 7.17. The lowest BCUT2D eigenvalue weighted by Gasteiger charge is -2.30. The molecule has 0 aromatic heterocycles. The molecule has 0 spiro atoms. The Balaban J connectivity index is 0.00000441. The van der Waals surface area contributed by atoms with Crippen molar-refractivity contribution < 1.29 is 22.8 Å². The Kier molecular flexibility index (Phi) is 8.77. The maximum Gasteiger partial charge on any atom is 0.408 e. The van der Waals surface area contributed by atoms with Gasteiger partial charge in [0.1, 0.15) is 12.0 Å². The highest BCUT2D eigenvalue weighted by Gasteiger charge is 2.45. The molecule has 0 radical (unpaired) electrons. The zero-order valence-electron chi connectivity index (χ0n) is 12.4. The number of carbonyl (C=O) groups is 2. The van der Waals surface area contributed by atoms with E-state index in [9.17, 15) is 22.8 Å². The molecule has 1 rings (SSSR count). The van der Waals surface area contributed by atoms with Gasteiger partial charge in [-0.05, 0) is 19.3 Å². The summed E-state index contributed by atoms with van der Waals surface area (Å²) in [5.41, 5.74) is 5.54. The van der Waals surface area contributed by atoms with Crippen LogP contribution in [0, 0.1) is 5.92 Å². The van der Waals surface area contributed by atoms with Crippen molar-refractivity contribution >= 4 is 24.2 Å². The lowest BCUT2D eigenvalue weighted by atomic mass is 9.92. The highest BCUT2D eigenvalue weighted by molar-refractivity contribution is 6.01. The summed E-state index contributed by atoms with van der Waals surface area (Å²) in [4.78, 5) is 23.7. The number of rotatable bonds is 6. The maximum absolute atomic E-state index is 12.5. The highest BCUT2D eigenvalue weighted by atomic mass is 35.5. The maximum atomic E-state index is 12.5. The van der Waals surface area contributed by atoms with Crippen LogP contribution in [-0.2, 0) is 9.59 Å². The van der Waals surface area contributed by atoms with Gasteiger partial charge < -0.3 is 16.4 Å². The average Bonchev–Trinajstić information content (AvgIpc) is 2.41. The molecule has 1 aliphatic heterocycles. The van der Waals surface area contributed by atoms with Gasteiger partial charge in [-0.25, -0.2) is 0 Å². The molecule has 9 heteroatoms. The van der Waals surface area contributed by atoms with E-state index in [4.69, 9.17) is 5.73 Å². The standard InChI is InChI=1S/C13H22F3N3O2.ClH/c1-2-3-4-8(7-17)18-11(20)9-5-6-10(13(14,15)16)19-12(9)21;/h8-10H,2-7,17H2,1H3,(H,18,20)(H,19,21);1H. The molecule has 0 aliphatic carbocycles. The Hall–Kier alpha value is -1.02. The fourth-order valence-corrected chi connectivity index (χ4v) is 2.31. The number of piperidine rings is 1. The number of hydrogen-bond acceptors (Lipinski definition) is 3. The molecule has 1 fully saturated rings. The molecular formula is C13H23ClF3N3O2. The van der Waals surface area contributed by atoms with Crippen LogP contribution in [0.2, 0.25) is 0 Å². The molecule has 0 bridgehead atoms. The first-order chi connectivity index (χ1) is 9.79. The second kappa shape index (κ2) is 9.19. The van der Waals surface area contributed by atoms with E-state index in [1.165, 1.54) is 0 Å². The van der Waals surface area contributed by atoms with E-state index in [0.29, 0.717) is 6.42 Å². The molecule has 4 N–H and O–H groups in total. The molecular weight excluding hydrogens is 323 g/mol. The number of halogens is 4. The fraction of sp³-hybridized carbons (Fsp3) is 0.846. The normalized spacial score (nSPS) is 23.2. The molecule has 1 aliphatic rings. The SMILES string of the molecule is CCCCC(CN)NC(=O)C1CCC(C(F)(F)F)NC1=O.Cl. The highest BCUT2D eigenvalue weighted by Crippen LogP contribution is 2.28. The lowest BCUT2D eigenvalue weighted by Crippen LogP contribution is -2.55. The monoisotopic (exact) mass is 345 g/mol. The molecule has 3 unspecified atom stereocenters. The lowest BCUT2D eigenvalue weighted by molar-refractivity contribution is -0.171. The minimum absolute atomic E-state index is 0. The van der Waals surface area contributed by atoms with Crippen molar-refractivity contribution in [3.05, 3.63) is 0 Å². The van der Waals surface area contributed by atoms with Crippen LogP contribution in [0.25, 0.3) is 0 Å². The van der Waals surface area contributed by atoms with Crippen LogP contribution in [0.1, 0.15) is 39.0 Å². The van der Waals surface area contributed by atoms with E-state index in [1.807, 2.05) is 12.2 Å². The fourth-order valence-electron chi connectivity index (χ4n) is 2.31. The van der Waals surface area contributed by atoms with Crippen molar-refractivity contribution in [2.45, 2.75) is 57.3 Å². The van der Waals surface area contributed by atoms with Gasteiger partial charge in [0.15, 0.2) is 0 Å². The van der Waals surface area contributed by atoms with Crippen LogP contribution in [0.4, 0.5) is 13.2 Å². The van der Waals surface area contributed by atoms with Gasteiger partial charge in [0.05, 0.1) is 0 Å². The van der Waals surface area contributed by atoms with Crippen LogP contribution in [-0.4, -0.2) is 36.6 Å². The summed E-state index contributed by atoms with van der Waals surface area (Å²) in [6.07, 6.45) is -2.34. The first kappa shape index (κ1) is 21.0. The topological polar surface area (TPSA) is 84.2 Å². The Morgan fingerprint density at radius 1 is 1.45 bits per heavy atom. The summed E-state index contributed by atoms with van der Waals surface area (Å²) in [7, 11) is 0. The summed E-state index contributed by atoms with van der Waals surface area (Å²) in [6, 6.07) is -2.11. The van der Waals surface area contributed by atoms with Gasteiger partial charge in [-0.1, -0.05) is 19.8 Å². The van der Waals surface area contributed by atoms with Crippen LogP contribution >= 0.6 is 12.4 Å². The van der Waals surface area contributed by atoms with Crippen LogP contribution in [0.15, 0.2) is 0 Å². The average molecular weight is 346 g/mol. The van der Waals surface area contributed by atoms with E-state index >= 15 is 0 Å². The predicted molar refractivity (Wildman–Crippen MR) is 78.5 cm³/mol. The smallest absolute Gasteiger partial charge is 0.351 e. The molecule has 3 atom stereocenters. The third-order valence-corrected chi connectivity index (χ3v) is 3.63. The second-order valence-corrected chi connectivity index (χ2v) is 5.32. The zero-order chi connectivity index (χ0) is 16.0. The van der Waals surface area contributed by atoms with Gasteiger partial charge in [0, 0.05) is 12.6 Å². The predicted octanol–water partition coefficient (Wildman–Crippen LogP) is 1.50. The van der Waals surface area contributed by atoms with Gasteiger partial charge in [-0.3, -0.25) is 9.59 Å². The van der Waals surface area contributed by atoms with Gasteiger partial charge in [0.25, 0.3) is 0 Å². The number of nitrogens with two attached hydrogens (primary N) is 1. The van der Waals surface area contributed by atoms with Gasteiger partial charge >= 0.3 is 6.18 Å². The second-order valence-electron chi connectivity index (χ2n) is 5.32.